The molecule has 0 aromatic heterocycles. The third kappa shape index (κ3) is 7.01. The first-order chi connectivity index (χ1) is 19.3. The number of carbonyl (C=O) groups excluding carboxylic acids is 2. The van der Waals surface area contributed by atoms with Gasteiger partial charge in [0.2, 0.25) is 0 Å². The molecule has 2 unspecified atom stereocenters. The predicted molar refractivity (Wildman–Crippen MR) is 172 cm³/mol. The van der Waals surface area contributed by atoms with Gasteiger partial charge in [0.15, 0.2) is 13.2 Å². The molecule has 208 valence electrons. The average Bonchev–Trinajstić information content (AvgIpc) is 2.93. The topological polar surface area (TPSA) is 76.7 Å². The van der Waals surface area contributed by atoms with Gasteiger partial charge in [-0.1, -0.05) is 69.0 Å². The van der Waals surface area contributed by atoms with Crippen LogP contribution in [0, 0.1) is 0 Å². The second-order valence-electron chi connectivity index (χ2n) is 9.70. The van der Waals surface area contributed by atoms with Gasteiger partial charge in [-0.2, -0.15) is 0 Å². The number of halogens is 4. The lowest BCUT2D eigenvalue weighted by Gasteiger charge is -2.32. The lowest BCUT2D eigenvalue weighted by Crippen LogP contribution is -2.54. The van der Waals surface area contributed by atoms with Gasteiger partial charge in [-0.05, 0) is 103 Å². The lowest BCUT2D eigenvalue weighted by molar-refractivity contribution is -0.127. The fourth-order valence-corrected chi connectivity index (χ4v) is 6.94. The Morgan fingerprint density at radius 1 is 0.650 bits per heavy atom. The van der Waals surface area contributed by atoms with Gasteiger partial charge in [-0.15, -0.1) is 0 Å². The summed E-state index contributed by atoms with van der Waals surface area (Å²) < 4.78 is 15.3. The molecule has 1 aliphatic carbocycles. The van der Waals surface area contributed by atoms with Crippen molar-refractivity contribution in [2.75, 3.05) is 13.2 Å². The highest BCUT2D eigenvalue weighted by atomic mass is 79.9. The molecule has 0 heterocycles. The second kappa shape index (κ2) is 13.2. The standard InChI is InChI=1S/C30H26Br4N2O4/c31-19-7-9-21-17(13-19)5-11-25(29(21)33)39-15-27(37)35-23-3-1-2-4-24(23)36-28(38)16-40-26-12-6-18-14-20(32)8-10-22(18)30(26)34/h5-14,23-24H,1-4,15-16H2,(H,35,37)(H,36,38). The summed E-state index contributed by atoms with van der Waals surface area (Å²) in [6.07, 6.45) is 3.55. The first-order valence-electron chi connectivity index (χ1n) is 12.9. The molecule has 0 saturated heterocycles. The van der Waals surface area contributed by atoms with Crippen molar-refractivity contribution >= 4 is 97.1 Å². The number of nitrogens with one attached hydrogen (secondary N) is 2. The number of hydrogen-bond acceptors (Lipinski definition) is 4. The maximum atomic E-state index is 12.8. The van der Waals surface area contributed by atoms with E-state index < -0.39 is 0 Å². The molecule has 2 N–H and O–H groups in total. The van der Waals surface area contributed by atoms with E-state index in [4.69, 9.17) is 9.47 Å². The van der Waals surface area contributed by atoms with Gasteiger partial charge in [0, 0.05) is 21.0 Å². The minimum Gasteiger partial charge on any atom is -0.483 e. The van der Waals surface area contributed by atoms with Crippen LogP contribution in [0.4, 0.5) is 0 Å². The number of carbonyl (C=O) groups is 2. The summed E-state index contributed by atoms with van der Waals surface area (Å²) in [5.74, 6) is 0.750. The van der Waals surface area contributed by atoms with Gasteiger partial charge in [0.05, 0.1) is 8.95 Å². The third-order valence-electron chi connectivity index (χ3n) is 6.94. The van der Waals surface area contributed by atoms with Gasteiger partial charge in [0.25, 0.3) is 11.8 Å². The van der Waals surface area contributed by atoms with Crippen LogP contribution in [-0.2, 0) is 9.59 Å². The summed E-state index contributed by atoms with van der Waals surface area (Å²) in [6, 6.07) is 19.3. The van der Waals surface area contributed by atoms with Crippen LogP contribution in [-0.4, -0.2) is 37.1 Å². The molecule has 4 aromatic carbocycles. The summed E-state index contributed by atoms with van der Waals surface area (Å²) >= 11 is 14.2. The van der Waals surface area contributed by atoms with E-state index in [-0.39, 0.29) is 37.1 Å². The Morgan fingerprint density at radius 2 is 1.07 bits per heavy atom. The Morgan fingerprint density at radius 3 is 1.50 bits per heavy atom. The Balaban J connectivity index is 1.15. The highest BCUT2D eigenvalue weighted by Gasteiger charge is 2.28. The minimum atomic E-state index is -0.225. The molecule has 0 aliphatic heterocycles. The Hall–Kier alpha value is -2.14. The van der Waals surface area contributed by atoms with E-state index in [0.29, 0.717) is 11.5 Å². The van der Waals surface area contributed by atoms with Crippen molar-refractivity contribution in [3.8, 4) is 11.5 Å². The van der Waals surface area contributed by atoms with Crippen LogP contribution in [0.1, 0.15) is 25.7 Å². The van der Waals surface area contributed by atoms with Crippen molar-refractivity contribution in [3.63, 3.8) is 0 Å². The first kappa shape index (κ1) is 29.4. The largest absolute Gasteiger partial charge is 0.483 e. The maximum absolute atomic E-state index is 12.8. The molecule has 0 spiro atoms. The average molecular weight is 798 g/mol. The van der Waals surface area contributed by atoms with Crippen LogP contribution in [0.15, 0.2) is 78.6 Å². The Labute approximate surface area is 266 Å². The van der Waals surface area contributed by atoms with Crippen LogP contribution >= 0.6 is 63.7 Å². The maximum Gasteiger partial charge on any atom is 0.258 e. The number of ether oxygens (including phenoxy) is 2. The quantitative estimate of drug-likeness (QED) is 0.189. The van der Waals surface area contributed by atoms with E-state index in [1.807, 2.05) is 60.7 Å². The molecule has 5 rings (SSSR count). The monoisotopic (exact) mass is 794 g/mol. The highest BCUT2D eigenvalue weighted by Crippen LogP contribution is 2.35. The molecule has 4 aromatic rings. The molecule has 2 atom stereocenters. The molecule has 1 saturated carbocycles. The zero-order valence-electron chi connectivity index (χ0n) is 21.3. The highest BCUT2D eigenvalue weighted by molar-refractivity contribution is 9.11. The fourth-order valence-electron chi connectivity index (χ4n) is 4.97. The van der Waals surface area contributed by atoms with Crippen molar-refractivity contribution < 1.29 is 19.1 Å². The van der Waals surface area contributed by atoms with Crippen molar-refractivity contribution in [1.82, 2.24) is 10.6 Å². The Kier molecular flexibility index (Phi) is 9.71. The summed E-state index contributed by atoms with van der Waals surface area (Å²) in [7, 11) is 0. The zero-order valence-corrected chi connectivity index (χ0v) is 27.7. The normalized spacial score (nSPS) is 17.0. The second-order valence-corrected chi connectivity index (χ2v) is 13.1. The zero-order chi connectivity index (χ0) is 28.2. The van der Waals surface area contributed by atoms with E-state index in [1.165, 1.54) is 0 Å². The van der Waals surface area contributed by atoms with Crippen molar-refractivity contribution in [3.05, 3.63) is 78.6 Å². The van der Waals surface area contributed by atoms with Crippen LogP contribution in [0.2, 0.25) is 0 Å². The molecule has 0 bridgehead atoms. The summed E-state index contributed by atoms with van der Waals surface area (Å²) in [4.78, 5) is 25.6. The number of rotatable bonds is 8. The minimum absolute atomic E-state index is 0.118. The Bertz CT molecular complexity index is 1460. The number of benzene rings is 4. The van der Waals surface area contributed by atoms with Crippen LogP contribution in [0.5, 0.6) is 11.5 Å². The summed E-state index contributed by atoms with van der Waals surface area (Å²) in [6.45, 7) is -0.235. The van der Waals surface area contributed by atoms with Crippen molar-refractivity contribution in [1.29, 1.82) is 0 Å². The van der Waals surface area contributed by atoms with Crippen LogP contribution < -0.4 is 20.1 Å². The molecule has 10 heteroatoms. The summed E-state index contributed by atoms with van der Waals surface area (Å²) in [5.41, 5.74) is 0. The van der Waals surface area contributed by atoms with Crippen LogP contribution in [0.3, 0.4) is 0 Å². The smallest absolute Gasteiger partial charge is 0.258 e. The molecule has 1 fully saturated rings. The first-order valence-corrected chi connectivity index (χ1v) is 16.1. The van der Waals surface area contributed by atoms with E-state index in [2.05, 4.69) is 74.4 Å². The molecule has 40 heavy (non-hydrogen) atoms. The molecule has 0 radical (unpaired) electrons. The lowest BCUT2D eigenvalue weighted by atomic mass is 9.90. The SMILES string of the molecule is O=C(COc1ccc2cc(Br)ccc2c1Br)NC1CCCCC1NC(=O)COc1ccc2cc(Br)ccc2c1Br. The van der Waals surface area contributed by atoms with Gasteiger partial charge in [-0.3, -0.25) is 9.59 Å². The van der Waals surface area contributed by atoms with Crippen molar-refractivity contribution in [2.24, 2.45) is 0 Å². The van der Waals surface area contributed by atoms with Gasteiger partial charge in [-0.25, -0.2) is 0 Å². The number of amides is 2. The van der Waals surface area contributed by atoms with E-state index >= 15 is 0 Å². The molecule has 1 aliphatic rings. The van der Waals surface area contributed by atoms with E-state index in [9.17, 15) is 9.59 Å². The molecular weight excluding hydrogens is 772 g/mol. The predicted octanol–water partition coefficient (Wildman–Crippen LogP) is 8.04. The van der Waals surface area contributed by atoms with Gasteiger partial charge in [0.1, 0.15) is 11.5 Å². The van der Waals surface area contributed by atoms with E-state index in [1.54, 1.807) is 0 Å². The fraction of sp³-hybridized carbons (Fsp3) is 0.267. The van der Waals surface area contributed by atoms with Crippen LogP contribution in [0.25, 0.3) is 21.5 Å². The third-order valence-corrected chi connectivity index (χ3v) is 9.56. The molecule has 6 nitrogen and oxygen atoms in total. The molecule has 2 amide bonds. The number of hydrogen-bond donors (Lipinski definition) is 2. The van der Waals surface area contributed by atoms with E-state index in [0.717, 1.165) is 65.1 Å². The number of fused-ring (bicyclic) bond motifs is 2. The van der Waals surface area contributed by atoms with Gasteiger partial charge < -0.3 is 20.1 Å². The summed E-state index contributed by atoms with van der Waals surface area (Å²) in [5, 5.41) is 10.3. The molecular formula is C30H26Br4N2O4. The van der Waals surface area contributed by atoms with Crippen molar-refractivity contribution in [2.45, 2.75) is 37.8 Å². The van der Waals surface area contributed by atoms with Gasteiger partial charge >= 0.3 is 0 Å².